The van der Waals surface area contributed by atoms with Crippen LogP contribution in [0.3, 0.4) is 0 Å². The predicted molar refractivity (Wildman–Crippen MR) is 79.7 cm³/mol. The maximum Gasteiger partial charge on any atom is 0.417 e. The fraction of sp³-hybridized carbons (Fsp3) is 0.357. The van der Waals surface area contributed by atoms with Gasteiger partial charge in [-0.05, 0) is 19.4 Å². The Hall–Kier alpha value is -1.59. The van der Waals surface area contributed by atoms with Gasteiger partial charge in [0.2, 0.25) is 0 Å². The van der Waals surface area contributed by atoms with Gasteiger partial charge < -0.3 is 0 Å². The molecule has 0 unspecified atom stereocenters. The van der Waals surface area contributed by atoms with E-state index in [2.05, 4.69) is 9.97 Å². The zero-order chi connectivity index (χ0) is 16.3. The van der Waals surface area contributed by atoms with Gasteiger partial charge in [-0.1, -0.05) is 18.7 Å². The van der Waals surface area contributed by atoms with Crippen LogP contribution in [0.5, 0.6) is 0 Å². The van der Waals surface area contributed by atoms with Crippen molar-refractivity contribution in [3.8, 4) is 6.07 Å². The Balaban J connectivity index is 2.30. The van der Waals surface area contributed by atoms with E-state index in [1.54, 1.807) is 6.07 Å². The molecule has 0 radical (unpaired) electrons. The SMILES string of the molecule is CCc1nc(CSc2nc(C)cc(C(F)(F)F)c2C#N)cs1. The fourth-order valence-corrected chi connectivity index (χ4v) is 3.59. The van der Waals surface area contributed by atoms with Gasteiger partial charge in [-0.15, -0.1) is 11.3 Å². The van der Waals surface area contributed by atoms with Gasteiger partial charge in [0.25, 0.3) is 0 Å². The summed E-state index contributed by atoms with van der Waals surface area (Å²) in [5.74, 6) is 0.388. The van der Waals surface area contributed by atoms with E-state index in [0.717, 1.165) is 35.0 Å². The summed E-state index contributed by atoms with van der Waals surface area (Å²) in [4.78, 5) is 8.43. The number of halogens is 3. The molecule has 0 saturated carbocycles. The van der Waals surface area contributed by atoms with Crippen LogP contribution >= 0.6 is 23.1 Å². The molecule has 2 aromatic heterocycles. The second-order valence-electron chi connectivity index (χ2n) is 4.48. The van der Waals surface area contributed by atoms with E-state index in [1.165, 1.54) is 18.3 Å². The molecule has 0 spiro atoms. The summed E-state index contributed by atoms with van der Waals surface area (Å²) in [6.45, 7) is 3.47. The monoisotopic (exact) mass is 343 g/mol. The highest BCUT2D eigenvalue weighted by molar-refractivity contribution is 7.98. The minimum atomic E-state index is -4.57. The van der Waals surface area contributed by atoms with E-state index in [4.69, 9.17) is 5.26 Å². The molecule has 0 amide bonds. The number of aryl methyl sites for hydroxylation is 2. The van der Waals surface area contributed by atoms with Crippen molar-refractivity contribution in [3.05, 3.63) is 39.0 Å². The third-order valence-electron chi connectivity index (χ3n) is 2.79. The molecule has 0 saturated heterocycles. The number of rotatable bonds is 4. The van der Waals surface area contributed by atoms with Crippen LogP contribution in [0.25, 0.3) is 0 Å². The quantitative estimate of drug-likeness (QED) is 0.762. The second-order valence-corrected chi connectivity index (χ2v) is 6.38. The van der Waals surface area contributed by atoms with E-state index in [1.807, 2.05) is 12.3 Å². The molecule has 116 valence electrons. The summed E-state index contributed by atoms with van der Waals surface area (Å²) in [6, 6.07) is 2.53. The first-order valence-corrected chi connectivity index (χ1v) is 8.26. The van der Waals surface area contributed by atoms with Crippen molar-refractivity contribution in [2.24, 2.45) is 0 Å². The average molecular weight is 343 g/mol. The Morgan fingerprint density at radius 3 is 2.64 bits per heavy atom. The first-order valence-electron chi connectivity index (χ1n) is 6.40. The molecule has 0 aromatic carbocycles. The molecule has 0 aliphatic carbocycles. The van der Waals surface area contributed by atoms with Crippen molar-refractivity contribution >= 4 is 23.1 Å². The van der Waals surface area contributed by atoms with Gasteiger partial charge in [0.1, 0.15) is 11.1 Å². The van der Waals surface area contributed by atoms with Crippen LogP contribution in [0.4, 0.5) is 13.2 Å². The molecule has 0 bridgehead atoms. The van der Waals surface area contributed by atoms with Crippen molar-refractivity contribution in [1.29, 1.82) is 5.26 Å². The summed E-state index contributed by atoms with van der Waals surface area (Å²) in [6.07, 6.45) is -3.75. The van der Waals surface area contributed by atoms with E-state index in [0.29, 0.717) is 5.75 Å². The lowest BCUT2D eigenvalue weighted by Gasteiger charge is -2.12. The highest BCUT2D eigenvalue weighted by Gasteiger charge is 2.35. The minimum Gasteiger partial charge on any atom is -0.245 e. The highest BCUT2D eigenvalue weighted by atomic mass is 32.2. The zero-order valence-corrected chi connectivity index (χ0v) is 13.5. The number of hydrogen-bond acceptors (Lipinski definition) is 5. The predicted octanol–water partition coefficient (Wildman–Crippen LogP) is 4.59. The maximum atomic E-state index is 13.0. The molecule has 0 N–H and O–H groups in total. The van der Waals surface area contributed by atoms with Gasteiger partial charge >= 0.3 is 6.18 Å². The Labute approximate surface area is 134 Å². The van der Waals surface area contributed by atoms with Gasteiger partial charge in [-0.25, -0.2) is 9.97 Å². The Bertz CT molecular complexity index is 717. The van der Waals surface area contributed by atoms with Crippen LogP contribution < -0.4 is 0 Å². The van der Waals surface area contributed by atoms with Gasteiger partial charge in [-0.2, -0.15) is 18.4 Å². The number of pyridine rings is 1. The summed E-state index contributed by atoms with van der Waals surface area (Å²) < 4.78 is 39.0. The topological polar surface area (TPSA) is 49.6 Å². The summed E-state index contributed by atoms with van der Waals surface area (Å²) >= 11 is 2.62. The molecule has 2 rings (SSSR count). The maximum absolute atomic E-state index is 13.0. The van der Waals surface area contributed by atoms with Crippen LogP contribution in [0, 0.1) is 18.3 Å². The molecule has 3 nitrogen and oxygen atoms in total. The molecule has 0 aliphatic heterocycles. The first-order chi connectivity index (χ1) is 10.3. The lowest BCUT2D eigenvalue weighted by atomic mass is 10.1. The number of thiazole rings is 1. The summed E-state index contributed by atoms with van der Waals surface area (Å²) in [7, 11) is 0. The van der Waals surface area contributed by atoms with Crippen molar-refractivity contribution in [2.75, 3.05) is 0 Å². The minimum absolute atomic E-state index is 0.0980. The lowest BCUT2D eigenvalue weighted by molar-refractivity contribution is -0.138. The average Bonchev–Trinajstić information content (AvgIpc) is 2.91. The highest BCUT2D eigenvalue weighted by Crippen LogP contribution is 2.36. The standard InChI is InChI=1S/C14H12F3N3S2/c1-3-12-20-9(6-21-12)7-22-13-10(5-18)11(14(15,16)17)4-8(2)19-13/h4,6H,3,7H2,1-2H3. The molecule has 2 aromatic rings. The van der Waals surface area contributed by atoms with E-state index in [9.17, 15) is 13.2 Å². The fourth-order valence-electron chi connectivity index (χ4n) is 1.80. The van der Waals surface area contributed by atoms with Gasteiger partial charge in [0, 0.05) is 16.8 Å². The molecule has 0 aliphatic rings. The Morgan fingerprint density at radius 2 is 2.09 bits per heavy atom. The van der Waals surface area contributed by atoms with E-state index < -0.39 is 17.3 Å². The van der Waals surface area contributed by atoms with Crippen molar-refractivity contribution < 1.29 is 13.2 Å². The molecular weight excluding hydrogens is 331 g/mol. The zero-order valence-electron chi connectivity index (χ0n) is 11.9. The molecule has 0 atom stereocenters. The summed E-state index contributed by atoms with van der Waals surface area (Å²) in [5.41, 5.74) is -0.333. The number of hydrogen-bond donors (Lipinski definition) is 0. The van der Waals surface area contributed by atoms with Crippen LogP contribution in [-0.4, -0.2) is 9.97 Å². The molecule has 2 heterocycles. The van der Waals surface area contributed by atoms with Crippen molar-refractivity contribution in [3.63, 3.8) is 0 Å². The first kappa shape index (κ1) is 16.8. The molecular formula is C14H12F3N3S2. The second kappa shape index (κ2) is 6.67. The van der Waals surface area contributed by atoms with Crippen LogP contribution in [0.2, 0.25) is 0 Å². The lowest BCUT2D eigenvalue weighted by Crippen LogP contribution is -2.10. The Morgan fingerprint density at radius 1 is 1.36 bits per heavy atom. The van der Waals surface area contributed by atoms with Gasteiger partial charge in [-0.3, -0.25) is 0 Å². The number of thioether (sulfide) groups is 1. The van der Waals surface area contributed by atoms with Crippen LogP contribution in [0.1, 0.15) is 34.4 Å². The molecule has 0 fully saturated rings. The normalized spacial score (nSPS) is 11.5. The summed E-state index contributed by atoms with van der Waals surface area (Å²) in [5, 5.41) is 12.0. The van der Waals surface area contributed by atoms with Crippen molar-refractivity contribution in [1.82, 2.24) is 9.97 Å². The Kier molecular flexibility index (Phi) is 5.08. The third kappa shape index (κ3) is 3.78. The van der Waals surface area contributed by atoms with Crippen LogP contribution in [0.15, 0.2) is 16.5 Å². The van der Waals surface area contributed by atoms with E-state index >= 15 is 0 Å². The molecule has 8 heteroatoms. The molecule has 22 heavy (non-hydrogen) atoms. The van der Waals surface area contributed by atoms with Crippen molar-refractivity contribution in [2.45, 2.75) is 37.2 Å². The number of aromatic nitrogens is 2. The number of alkyl halides is 3. The number of nitriles is 1. The van der Waals surface area contributed by atoms with Gasteiger partial charge in [0.15, 0.2) is 0 Å². The smallest absolute Gasteiger partial charge is 0.245 e. The third-order valence-corrected chi connectivity index (χ3v) is 4.84. The largest absolute Gasteiger partial charge is 0.417 e. The van der Waals surface area contributed by atoms with Crippen LogP contribution in [-0.2, 0) is 18.3 Å². The number of nitrogens with zero attached hydrogens (tertiary/aromatic N) is 3. The van der Waals surface area contributed by atoms with E-state index in [-0.39, 0.29) is 10.7 Å². The van der Waals surface area contributed by atoms with Gasteiger partial charge in [0.05, 0.1) is 21.8 Å².